The van der Waals surface area contributed by atoms with Crippen LogP contribution in [0.2, 0.25) is 0 Å². The summed E-state index contributed by atoms with van der Waals surface area (Å²) in [7, 11) is 0. The molecule has 148 valence electrons. The molecule has 7 heteroatoms. The number of nitrogens with zero attached hydrogens (tertiary/aromatic N) is 3. The Labute approximate surface area is 173 Å². The van der Waals surface area contributed by atoms with Crippen molar-refractivity contribution < 1.29 is 9.59 Å². The summed E-state index contributed by atoms with van der Waals surface area (Å²) >= 11 is 1.37. The van der Waals surface area contributed by atoms with Gasteiger partial charge >= 0.3 is 0 Å². The number of aromatic nitrogens is 2. The highest BCUT2D eigenvalue weighted by atomic mass is 32.1. The molecule has 6 nitrogen and oxygen atoms in total. The van der Waals surface area contributed by atoms with Crippen LogP contribution in [0.1, 0.15) is 22.6 Å². The maximum atomic E-state index is 12.6. The van der Waals surface area contributed by atoms with Crippen molar-refractivity contribution in [2.24, 2.45) is 5.92 Å². The fourth-order valence-corrected chi connectivity index (χ4v) is 4.20. The molecule has 0 radical (unpaired) electrons. The quantitative estimate of drug-likeness (QED) is 0.654. The number of hydrogen-bond acceptors (Lipinski definition) is 5. The van der Waals surface area contributed by atoms with E-state index in [-0.39, 0.29) is 24.2 Å². The molecule has 1 aliphatic rings. The molecule has 1 atom stereocenters. The van der Waals surface area contributed by atoms with E-state index in [4.69, 9.17) is 0 Å². The van der Waals surface area contributed by atoms with Crippen molar-refractivity contribution in [3.63, 3.8) is 0 Å². The molecule has 2 amide bonds. The molecule has 1 aromatic heterocycles. The van der Waals surface area contributed by atoms with E-state index in [0.717, 1.165) is 17.0 Å². The monoisotopic (exact) mass is 406 g/mol. The van der Waals surface area contributed by atoms with E-state index in [1.165, 1.54) is 16.9 Å². The molecule has 2 heterocycles. The summed E-state index contributed by atoms with van der Waals surface area (Å²) in [5.74, 6) is -0.481. The highest BCUT2D eigenvalue weighted by molar-refractivity contribution is 7.15. The summed E-state index contributed by atoms with van der Waals surface area (Å²) < 4.78 is 0. The average Bonchev–Trinajstić information content (AvgIpc) is 3.34. The topological polar surface area (TPSA) is 75.2 Å². The number of nitrogens with one attached hydrogen (secondary N) is 1. The van der Waals surface area contributed by atoms with Crippen molar-refractivity contribution in [3.8, 4) is 0 Å². The third-order valence-corrected chi connectivity index (χ3v) is 5.83. The van der Waals surface area contributed by atoms with Gasteiger partial charge in [0, 0.05) is 25.9 Å². The second kappa shape index (κ2) is 8.96. The number of carbonyl (C=O) groups excluding carboxylic acids is 2. The molecular formula is C22H22N4O2S. The van der Waals surface area contributed by atoms with Crippen LogP contribution in [-0.2, 0) is 22.4 Å². The molecule has 1 aliphatic heterocycles. The number of hydrogen-bond donors (Lipinski definition) is 1. The van der Waals surface area contributed by atoms with Gasteiger partial charge in [0.2, 0.25) is 16.9 Å². The number of benzene rings is 2. The Kier molecular flexibility index (Phi) is 5.95. The second-order valence-electron chi connectivity index (χ2n) is 7.13. The van der Waals surface area contributed by atoms with Gasteiger partial charge in [-0.25, -0.2) is 0 Å². The lowest BCUT2D eigenvalue weighted by Gasteiger charge is -2.16. The summed E-state index contributed by atoms with van der Waals surface area (Å²) in [6.45, 7) is 1.08. The van der Waals surface area contributed by atoms with E-state index in [1.54, 1.807) is 4.90 Å². The van der Waals surface area contributed by atoms with Gasteiger partial charge < -0.3 is 10.2 Å². The summed E-state index contributed by atoms with van der Waals surface area (Å²) in [4.78, 5) is 26.7. The zero-order chi connectivity index (χ0) is 20.1. The summed E-state index contributed by atoms with van der Waals surface area (Å²) in [6, 6.07) is 20.1. The summed E-state index contributed by atoms with van der Waals surface area (Å²) in [6.07, 6.45) is 1.72. The molecule has 0 saturated carbocycles. The van der Waals surface area contributed by atoms with Crippen molar-refractivity contribution in [3.05, 3.63) is 76.8 Å². The van der Waals surface area contributed by atoms with Crippen LogP contribution >= 0.6 is 11.3 Å². The number of rotatable bonds is 7. The van der Waals surface area contributed by atoms with E-state index in [0.29, 0.717) is 24.6 Å². The Bertz CT molecular complexity index is 975. The normalized spacial score (nSPS) is 16.2. The van der Waals surface area contributed by atoms with Crippen LogP contribution in [0.25, 0.3) is 0 Å². The van der Waals surface area contributed by atoms with E-state index >= 15 is 0 Å². The van der Waals surface area contributed by atoms with Crippen LogP contribution in [0.15, 0.2) is 60.7 Å². The number of likely N-dealkylation sites (tertiary alicyclic amines) is 1. The molecule has 1 saturated heterocycles. The van der Waals surface area contributed by atoms with Gasteiger partial charge in [0.05, 0.1) is 5.92 Å². The van der Waals surface area contributed by atoms with Crippen molar-refractivity contribution in [2.75, 3.05) is 18.4 Å². The predicted octanol–water partition coefficient (Wildman–Crippen LogP) is 3.16. The average molecular weight is 407 g/mol. The minimum absolute atomic E-state index is 0.0307. The van der Waals surface area contributed by atoms with E-state index in [1.807, 2.05) is 60.7 Å². The third-order valence-electron chi connectivity index (χ3n) is 4.99. The maximum Gasteiger partial charge on any atom is 0.231 e. The third kappa shape index (κ3) is 5.06. The SMILES string of the molecule is O=C(Nc1nnc(Cc2ccccc2)s1)[C@@H]1CC(=O)N(CCc2ccccc2)C1. The van der Waals surface area contributed by atoms with E-state index < -0.39 is 0 Å². The van der Waals surface area contributed by atoms with Gasteiger partial charge in [0.15, 0.2) is 0 Å². The van der Waals surface area contributed by atoms with Gasteiger partial charge in [-0.3, -0.25) is 9.59 Å². The fraction of sp³-hybridized carbons (Fsp3) is 0.273. The minimum atomic E-state index is -0.347. The summed E-state index contributed by atoms with van der Waals surface area (Å²) in [5, 5.41) is 12.4. The lowest BCUT2D eigenvalue weighted by molar-refractivity contribution is -0.128. The first-order valence-electron chi connectivity index (χ1n) is 9.66. The lowest BCUT2D eigenvalue weighted by atomic mass is 10.1. The number of carbonyl (C=O) groups is 2. The van der Waals surface area contributed by atoms with Crippen molar-refractivity contribution in [1.82, 2.24) is 15.1 Å². The number of anilines is 1. The molecule has 0 bridgehead atoms. The lowest BCUT2D eigenvalue weighted by Crippen LogP contribution is -2.30. The molecule has 0 unspecified atom stereocenters. The fourth-order valence-electron chi connectivity index (χ4n) is 3.43. The Morgan fingerprint density at radius 1 is 1.03 bits per heavy atom. The van der Waals surface area contributed by atoms with Gasteiger partial charge in [0.1, 0.15) is 5.01 Å². The Morgan fingerprint density at radius 3 is 2.45 bits per heavy atom. The van der Waals surface area contributed by atoms with Crippen LogP contribution in [0, 0.1) is 5.92 Å². The Morgan fingerprint density at radius 2 is 1.72 bits per heavy atom. The first-order chi connectivity index (χ1) is 14.2. The van der Waals surface area contributed by atoms with Gasteiger partial charge in [-0.1, -0.05) is 72.0 Å². The van der Waals surface area contributed by atoms with Crippen molar-refractivity contribution in [2.45, 2.75) is 19.3 Å². The van der Waals surface area contributed by atoms with Crippen LogP contribution < -0.4 is 5.32 Å². The van der Waals surface area contributed by atoms with Crippen molar-refractivity contribution in [1.29, 1.82) is 0 Å². The van der Waals surface area contributed by atoms with E-state index in [2.05, 4.69) is 15.5 Å². The maximum absolute atomic E-state index is 12.6. The van der Waals surface area contributed by atoms with Gasteiger partial charge in [0.25, 0.3) is 0 Å². The highest BCUT2D eigenvalue weighted by Gasteiger charge is 2.34. The second-order valence-corrected chi connectivity index (χ2v) is 8.19. The zero-order valence-electron chi connectivity index (χ0n) is 16.0. The molecule has 1 fully saturated rings. The van der Waals surface area contributed by atoms with Gasteiger partial charge in [-0.15, -0.1) is 10.2 Å². The molecule has 0 spiro atoms. The molecule has 0 aliphatic carbocycles. The molecule has 3 aromatic rings. The molecule has 2 aromatic carbocycles. The first-order valence-corrected chi connectivity index (χ1v) is 10.5. The number of amides is 2. The highest BCUT2D eigenvalue weighted by Crippen LogP contribution is 2.23. The molecular weight excluding hydrogens is 384 g/mol. The zero-order valence-corrected chi connectivity index (χ0v) is 16.8. The smallest absolute Gasteiger partial charge is 0.231 e. The molecule has 4 rings (SSSR count). The van der Waals surface area contributed by atoms with Crippen LogP contribution in [-0.4, -0.2) is 40.0 Å². The van der Waals surface area contributed by atoms with Gasteiger partial charge in [-0.2, -0.15) is 0 Å². The minimum Gasteiger partial charge on any atom is -0.342 e. The Hall–Kier alpha value is -3.06. The van der Waals surface area contributed by atoms with Crippen LogP contribution in [0.5, 0.6) is 0 Å². The Balaban J connectivity index is 1.29. The predicted molar refractivity (Wildman–Crippen MR) is 113 cm³/mol. The summed E-state index contributed by atoms with van der Waals surface area (Å²) in [5.41, 5.74) is 2.34. The largest absolute Gasteiger partial charge is 0.342 e. The standard InChI is InChI=1S/C22H22N4O2S/c27-20-14-18(15-26(20)12-11-16-7-3-1-4-8-16)21(28)23-22-25-24-19(29-22)13-17-9-5-2-6-10-17/h1-10,18H,11-15H2,(H,23,25,28)/t18-/m1/s1. The molecule has 29 heavy (non-hydrogen) atoms. The van der Waals surface area contributed by atoms with Crippen LogP contribution in [0.4, 0.5) is 5.13 Å². The van der Waals surface area contributed by atoms with E-state index in [9.17, 15) is 9.59 Å². The van der Waals surface area contributed by atoms with Crippen molar-refractivity contribution >= 4 is 28.3 Å². The first kappa shape index (κ1) is 19.3. The van der Waals surface area contributed by atoms with Gasteiger partial charge in [-0.05, 0) is 17.5 Å². The molecule has 1 N–H and O–H groups in total. The van der Waals surface area contributed by atoms with Crippen LogP contribution in [0.3, 0.4) is 0 Å².